The van der Waals surface area contributed by atoms with Crippen molar-refractivity contribution in [1.82, 2.24) is 20.7 Å². The first-order chi connectivity index (χ1) is 18.4. The zero-order valence-electron chi connectivity index (χ0n) is 22.1. The van der Waals surface area contributed by atoms with Crippen LogP contribution < -0.4 is 10.8 Å². The molecule has 0 fully saturated rings. The molecular weight excluding hydrogens is 484 g/mol. The van der Waals surface area contributed by atoms with Crippen LogP contribution in [0.2, 0.25) is 0 Å². The van der Waals surface area contributed by atoms with Gasteiger partial charge < -0.3 is 19.8 Å². The van der Waals surface area contributed by atoms with Crippen molar-refractivity contribution < 1.29 is 24.3 Å². The third kappa shape index (κ3) is 10.0. The maximum absolute atomic E-state index is 12.1. The van der Waals surface area contributed by atoms with Crippen LogP contribution in [0.1, 0.15) is 37.0 Å². The molecule has 1 heterocycles. The van der Waals surface area contributed by atoms with Gasteiger partial charge in [-0.3, -0.25) is 14.9 Å². The number of aromatic amines is 1. The van der Waals surface area contributed by atoms with Crippen LogP contribution in [-0.4, -0.2) is 66.0 Å². The fourth-order valence-corrected chi connectivity index (χ4v) is 3.99. The third-order valence-corrected chi connectivity index (χ3v) is 5.98. The molecule has 0 aliphatic heterocycles. The second kappa shape index (κ2) is 15.6. The Balaban J connectivity index is 1.54. The molecule has 0 aliphatic rings. The smallest absolute Gasteiger partial charge is 0.407 e. The van der Waals surface area contributed by atoms with E-state index in [0.717, 1.165) is 36.0 Å². The van der Waals surface area contributed by atoms with Crippen LogP contribution in [0.3, 0.4) is 0 Å². The van der Waals surface area contributed by atoms with Crippen molar-refractivity contribution in [2.75, 3.05) is 32.8 Å². The molecule has 38 heavy (non-hydrogen) atoms. The van der Waals surface area contributed by atoms with Crippen LogP contribution in [0.5, 0.6) is 0 Å². The Kier molecular flexibility index (Phi) is 11.8. The number of alkyl carbamates (subject to hydrolysis) is 1. The first kappa shape index (κ1) is 28.9. The van der Waals surface area contributed by atoms with E-state index in [4.69, 9.17) is 14.7 Å². The highest BCUT2D eigenvalue weighted by Crippen LogP contribution is 2.19. The molecule has 9 heteroatoms. The lowest BCUT2D eigenvalue weighted by Crippen LogP contribution is -2.32. The van der Waals surface area contributed by atoms with Crippen LogP contribution >= 0.6 is 0 Å². The molecule has 2 aromatic carbocycles. The number of para-hydroxylation sites is 1. The minimum Gasteiger partial charge on any atom is -0.448 e. The number of H-pyrrole nitrogens is 1. The fraction of sp³-hybridized carbons (Fsp3) is 0.379. The van der Waals surface area contributed by atoms with E-state index in [1.807, 2.05) is 50.2 Å². The van der Waals surface area contributed by atoms with Gasteiger partial charge in [-0.25, -0.2) is 10.3 Å². The minimum absolute atomic E-state index is 0.178. The molecule has 0 unspecified atom stereocenters. The molecule has 0 saturated heterocycles. The molecule has 0 spiro atoms. The van der Waals surface area contributed by atoms with Gasteiger partial charge in [0.05, 0.1) is 6.10 Å². The number of hydroxylamine groups is 1. The molecule has 0 atom stereocenters. The van der Waals surface area contributed by atoms with Crippen molar-refractivity contribution in [2.45, 2.75) is 39.3 Å². The molecule has 4 N–H and O–H groups in total. The average Bonchev–Trinajstić information content (AvgIpc) is 3.33. The SMILES string of the molecule is CC(C)OCCCNC(=O)OCCN(CCc1c[nH]c2ccccc12)Cc1ccc(C=CC(=O)NO)cc1. The Morgan fingerprint density at radius 3 is 2.63 bits per heavy atom. The quantitative estimate of drug-likeness (QED) is 0.103. The van der Waals surface area contributed by atoms with Gasteiger partial charge in [0, 0.05) is 56.0 Å². The molecule has 3 aromatic rings. The number of carbonyl (C=O) groups is 2. The first-order valence-corrected chi connectivity index (χ1v) is 12.9. The zero-order chi connectivity index (χ0) is 27.2. The van der Waals surface area contributed by atoms with E-state index in [9.17, 15) is 9.59 Å². The highest BCUT2D eigenvalue weighted by Gasteiger charge is 2.11. The van der Waals surface area contributed by atoms with Gasteiger partial charge in [0.25, 0.3) is 5.91 Å². The summed E-state index contributed by atoms with van der Waals surface area (Å²) in [6.45, 7) is 7.41. The second-order valence-corrected chi connectivity index (χ2v) is 9.27. The summed E-state index contributed by atoms with van der Waals surface area (Å²) in [5.41, 5.74) is 5.89. The molecular formula is C29H38N4O5. The summed E-state index contributed by atoms with van der Waals surface area (Å²) < 4.78 is 10.9. The van der Waals surface area contributed by atoms with Crippen molar-refractivity contribution in [3.05, 3.63) is 77.5 Å². The van der Waals surface area contributed by atoms with Crippen LogP contribution in [0.4, 0.5) is 4.79 Å². The summed E-state index contributed by atoms with van der Waals surface area (Å²) in [4.78, 5) is 28.9. The van der Waals surface area contributed by atoms with E-state index < -0.39 is 12.0 Å². The number of nitrogens with one attached hydrogen (secondary N) is 3. The predicted molar refractivity (Wildman–Crippen MR) is 148 cm³/mol. The number of aromatic nitrogens is 1. The van der Waals surface area contributed by atoms with Gasteiger partial charge in [-0.1, -0.05) is 42.5 Å². The minimum atomic E-state index is -0.578. The number of fused-ring (bicyclic) bond motifs is 1. The molecule has 0 saturated carbocycles. The predicted octanol–water partition coefficient (Wildman–Crippen LogP) is 4.27. The summed E-state index contributed by atoms with van der Waals surface area (Å²) in [5, 5.41) is 12.6. The molecule has 0 bridgehead atoms. The summed E-state index contributed by atoms with van der Waals surface area (Å²) in [5.74, 6) is -0.578. The highest BCUT2D eigenvalue weighted by molar-refractivity contribution is 5.90. The third-order valence-electron chi connectivity index (χ3n) is 5.98. The molecule has 2 amide bonds. The maximum Gasteiger partial charge on any atom is 0.407 e. The van der Waals surface area contributed by atoms with Crippen LogP contribution in [0.15, 0.2) is 60.8 Å². The van der Waals surface area contributed by atoms with Crippen molar-refractivity contribution in [3.8, 4) is 0 Å². The van der Waals surface area contributed by atoms with Crippen LogP contribution in [0.25, 0.3) is 17.0 Å². The van der Waals surface area contributed by atoms with E-state index in [2.05, 4.69) is 33.5 Å². The lowest BCUT2D eigenvalue weighted by atomic mass is 10.1. The van der Waals surface area contributed by atoms with E-state index in [1.165, 1.54) is 17.0 Å². The van der Waals surface area contributed by atoms with Gasteiger partial charge in [0.1, 0.15) is 6.61 Å². The van der Waals surface area contributed by atoms with Crippen molar-refractivity contribution in [2.24, 2.45) is 0 Å². The summed E-state index contributed by atoms with van der Waals surface area (Å²) in [6, 6.07) is 16.1. The monoisotopic (exact) mass is 522 g/mol. The van der Waals surface area contributed by atoms with Gasteiger partial charge in [-0.05, 0) is 55.5 Å². The van der Waals surface area contributed by atoms with Gasteiger partial charge >= 0.3 is 6.09 Å². The summed E-state index contributed by atoms with van der Waals surface area (Å²) >= 11 is 0. The number of hydrogen-bond donors (Lipinski definition) is 4. The normalized spacial score (nSPS) is 11.5. The molecule has 0 radical (unpaired) electrons. The summed E-state index contributed by atoms with van der Waals surface area (Å²) in [6.07, 6.45) is 6.29. The molecule has 3 rings (SSSR count). The van der Waals surface area contributed by atoms with Gasteiger partial charge in [-0.15, -0.1) is 0 Å². The molecule has 1 aromatic heterocycles. The largest absolute Gasteiger partial charge is 0.448 e. The van der Waals surface area contributed by atoms with E-state index in [0.29, 0.717) is 26.2 Å². The lowest BCUT2D eigenvalue weighted by molar-refractivity contribution is -0.124. The topological polar surface area (TPSA) is 116 Å². The number of rotatable bonds is 15. The number of carbonyl (C=O) groups excluding carboxylic acids is 2. The first-order valence-electron chi connectivity index (χ1n) is 12.9. The van der Waals surface area contributed by atoms with Gasteiger partial charge in [0.15, 0.2) is 0 Å². The van der Waals surface area contributed by atoms with Crippen molar-refractivity contribution in [3.63, 3.8) is 0 Å². The Hall–Kier alpha value is -3.66. The van der Waals surface area contributed by atoms with Crippen molar-refractivity contribution >= 4 is 29.0 Å². The Labute approximate surface area is 223 Å². The molecule has 0 aliphatic carbocycles. The van der Waals surface area contributed by atoms with E-state index >= 15 is 0 Å². The van der Waals surface area contributed by atoms with Crippen molar-refractivity contribution in [1.29, 1.82) is 0 Å². The number of hydrogen-bond acceptors (Lipinski definition) is 6. The Morgan fingerprint density at radius 1 is 1.08 bits per heavy atom. The Morgan fingerprint density at radius 2 is 1.87 bits per heavy atom. The number of benzene rings is 2. The second-order valence-electron chi connectivity index (χ2n) is 9.27. The fourth-order valence-electron chi connectivity index (χ4n) is 3.99. The standard InChI is InChI=1S/C29H38N4O5/c1-22(2)37-18-5-15-30-29(35)38-19-17-33(16-14-25-20-31-27-7-4-3-6-26(25)27)21-24-10-8-23(9-11-24)12-13-28(34)32-36/h3-4,6-13,20,22,31,36H,5,14-19,21H2,1-2H3,(H,30,35)(H,32,34). The van der Waals surface area contributed by atoms with Gasteiger partial charge in [-0.2, -0.15) is 0 Å². The van der Waals surface area contributed by atoms with Gasteiger partial charge in [0.2, 0.25) is 0 Å². The molecule has 9 nitrogen and oxygen atoms in total. The maximum atomic E-state index is 12.1. The Bertz CT molecular complexity index is 1170. The highest BCUT2D eigenvalue weighted by atomic mass is 16.5. The lowest BCUT2D eigenvalue weighted by Gasteiger charge is -2.22. The van der Waals surface area contributed by atoms with Crippen LogP contribution in [0, 0.1) is 0 Å². The van der Waals surface area contributed by atoms with E-state index in [1.54, 1.807) is 11.6 Å². The zero-order valence-corrected chi connectivity index (χ0v) is 22.1. The summed E-state index contributed by atoms with van der Waals surface area (Å²) in [7, 11) is 0. The number of amides is 2. The number of ether oxygens (including phenoxy) is 2. The average molecular weight is 523 g/mol. The number of nitrogens with zero attached hydrogens (tertiary/aromatic N) is 1. The van der Waals surface area contributed by atoms with Crippen LogP contribution in [-0.2, 0) is 27.2 Å². The van der Waals surface area contributed by atoms with E-state index in [-0.39, 0.29) is 12.7 Å². The molecule has 204 valence electrons.